The third-order valence-electron chi connectivity index (χ3n) is 13.8. The van der Waals surface area contributed by atoms with Gasteiger partial charge in [-0.15, -0.1) is 0 Å². The van der Waals surface area contributed by atoms with E-state index in [1.165, 1.54) is 89.9 Å². The summed E-state index contributed by atoms with van der Waals surface area (Å²) in [6, 6.07) is 0. The van der Waals surface area contributed by atoms with Gasteiger partial charge in [-0.1, -0.05) is 269 Å². The summed E-state index contributed by atoms with van der Waals surface area (Å²) in [6.07, 6.45) is 97.2. The maximum atomic E-state index is 12.9. The lowest BCUT2D eigenvalue weighted by molar-refractivity contribution is -0.167. The number of ether oxygens (including phenoxy) is 3. The predicted octanol–water partition coefficient (Wildman–Crippen LogP) is 23.1. The Hall–Kier alpha value is -4.71. The van der Waals surface area contributed by atoms with E-state index in [1.807, 2.05) is 0 Å². The number of carbonyl (C=O) groups excluding carboxylic acids is 3. The fourth-order valence-electron chi connectivity index (χ4n) is 8.81. The van der Waals surface area contributed by atoms with Crippen LogP contribution in [0.5, 0.6) is 0 Å². The van der Waals surface area contributed by atoms with Gasteiger partial charge in [0.1, 0.15) is 13.2 Å². The average Bonchev–Trinajstić information content (AvgIpc) is 3.47. The maximum absolute atomic E-state index is 12.9. The summed E-state index contributed by atoms with van der Waals surface area (Å²) in [5, 5.41) is 0. The van der Waals surface area contributed by atoms with Gasteiger partial charge in [-0.3, -0.25) is 14.4 Å². The Labute approximate surface area is 499 Å². The Morgan fingerprint density at radius 3 is 0.790 bits per heavy atom. The first-order chi connectivity index (χ1) is 40.0. The van der Waals surface area contributed by atoms with E-state index in [1.54, 1.807) is 0 Å². The lowest BCUT2D eigenvalue weighted by atomic mass is 10.1. The summed E-state index contributed by atoms with van der Waals surface area (Å²) in [6.45, 7) is 6.47. The SMILES string of the molecule is CC/C=C\C/C=C\C/C=C\C/C=C\C/C=C\C/C=C\C/C=C\C/C=C\C/C=C\C/C=C\CCCCCCC(=O)OCC(COC(=O)CCCCCCC/C=C\CCCCC)OC(=O)CCCCCCC/C=C\CCCCCCCCC. The van der Waals surface area contributed by atoms with E-state index in [4.69, 9.17) is 14.2 Å². The van der Waals surface area contributed by atoms with Crippen LogP contribution in [0.25, 0.3) is 0 Å². The highest BCUT2D eigenvalue weighted by Crippen LogP contribution is 2.14. The van der Waals surface area contributed by atoms with Gasteiger partial charge in [-0.25, -0.2) is 0 Å². The second kappa shape index (κ2) is 67.8. The zero-order chi connectivity index (χ0) is 58.5. The van der Waals surface area contributed by atoms with Crippen LogP contribution in [-0.2, 0) is 28.6 Å². The van der Waals surface area contributed by atoms with Gasteiger partial charge < -0.3 is 14.2 Å². The summed E-state index contributed by atoms with van der Waals surface area (Å²) >= 11 is 0. The van der Waals surface area contributed by atoms with Crippen molar-refractivity contribution in [1.82, 2.24) is 0 Å². The van der Waals surface area contributed by atoms with E-state index in [-0.39, 0.29) is 31.1 Å². The van der Waals surface area contributed by atoms with Crippen molar-refractivity contribution in [3.8, 4) is 0 Å². The molecule has 1 unspecified atom stereocenters. The molecule has 0 aromatic rings. The van der Waals surface area contributed by atoms with Gasteiger partial charge in [0.05, 0.1) is 0 Å². The zero-order valence-corrected chi connectivity index (χ0v) is 52.5. The van der Waals surface area contributed by atoms with Crippen LogP contribution in [0.4, 0.5) is 0 Å². The van der Waals surface area contributed by atoms with Crippen LogP contribution in [0.3, 0.4) is 0 Å². The number of carbonyl (C=O) groups is 3. The molecule has 0 aromatic carbocycles. The third kappa shape index (κ3) is 66.0. The second-order valence-corrected chi connectivity index (χ2v) is 21.6. The molecule has 0 radical (unpaired) electrons. The Balaban J connectivity index is 4.32. The number of allylic oxidation sites excluding steroid dienone is 24. The molecule has 0 heterocycles. The van der Waals surface area contributed by atoms with E-state index in [2.05, 4.69) is 167 Å². The van der Waals surface area contributed by atoms with Gasteiger partial charge >= 0.3 is 17.9 Å². The molecule has 0 N–H and O–H groups in total. The highest BCUT2D eigenvalue weighted by Gasteiger charge is 2.19. The zero-order valence-electron chi connectivity index (χ0n) is 52.5. The summed E-state index contributed by atoms with van der Waals surface area (Å²) < 4.78 is 16.9. The van der Waals surface area contributed by atoms with Crippen LogP contribution >= 0.6 is 0 Å². The molecule has 0 saturated carbocycles. The first-order valence-corrected chi connectivity index (χ1v) is 33.3. The largest absolute Gasteiger partial charge is 0.462 e. The van der Waals surface area contributed by atoms with Crippen molar-refractivity contribution < 1.29 is 28.6 Å². The molecule has 0 aromatic heterocycles. The lowest BCUT2D eigenvalue weighted by Gasteiger charge is -2.18. The molecule has 0 rings (SSSR count). The van der Waals surface area contributed by atoms with Gasteiger partial charge in [0.25, 0.3) is 0 Å². The maximum Gasteiger partial charge on any atom is 0.306 e. The molecule has 81 heavy (non-hydrogen) atoms. The third-order valence-corrected chi connectivity index (χ3v) is 13.8. The molecule has 0 amide bonds. The van der Waals surface area contributed by atoms with Crippen molar-refractivity contribution in [2.45, 2.75) is 297 Å². The molecule has 0 fully saturated rings. The molecule has 0 aliphatic carbocycles. The first-order valence-electron chi connectivity index (χ1n) is 33.3. The van der Waals surface area contributed by atoms with Crippen LogP contribution in [-0.4, -0.2) is 37.2 Å². The van der Waals surface area contributed by atoms with E-state index in [0.717, 1.165) is 161 Å². The molecule has 6 nitrogen and oxygen atoms in total. The molecule has 6 heteroatoms. The quantitative estimate of drug-likeness (QED) is 0.0261. The summed E-state index contributed by atoms with van der Waals surface area (Å²) in [5.74, 6) is -0.939. The normalized spacial score (nSPS) is 13.1. The van der Waals surface area contributed by atoms with Gasteiger partial charge in [0.15, 0.2) is 6.10 Å². The molecular weight excluding hydrogens is 997 g/mol. The minimum absolute atomic E-state index is 0.0968. The molecule has 0 saturated heterocycles. The van der Waals surface area contributed by atoms with Gasteiger partial charge in [-0.2, -0.15) is 0 Å². The number of rotatable bonds is 59. The summed E-state index contributed by atoms with van der Waals surface area (Å²) in [4.78, 5) is 38.3. The van der Waals surface area contributed by atoms with Gasteiger partial charge in [0.2, 0.25) is 0 Å². The fraction of sp³-hybridized carbons (Fsp3) is 0.640. The number of esters is 3. The first kappa shape index (κ1) is 76.3. The van der Waals surface area contributed by atoms with E-state index >= 15 is 0 Å². The van der Waals surface area contributed by atoms with Crippen molar-refractivity contribution in [2.75, 3.05) is 13.2 Å². The van der Waals surface area contributed by atoms with Crippen molar-refractivity contribution in [2.24, 2.45) is 0 Å². The summed E-state index contributed by atoms with van der Waals surface area (Å²) in [7, 11) is 0. The van der Waals surface area contributed by atoms with Gasteiger partial charge in [-0.05, 0) is 148 Å². The van der Waals surface area contributed by atoms with Crippen LogP contribution in [0.1, 0.15) is 290 Å². The highest BCUT2D eigenvalue weighted by molar-refractivity contribution is 5.71. The number of hydrogen-bond donors (Lipinski definition) is 0. The van der Waals surface area contributed by atoms with Crippen molar-refractivity contribution >= 4 is 17.9 Å². The van der Waals surface area contributed by atoms with Crippen molar-refractivity contribution in [3.63, 3.8) is 0 Å². The molecule has 0 aliphatic heterocycles. The summed E-state index contributed by atoms with van der Waals surface area (Å²) in [5.41, 5.74) is 0. The predicted molar refractivity (Wildman–Crippen MR) is 352 cm³/mol. The Bertz CT molecular complexity index is 1760. The number of unbranched alkanes of at least 4 members (excludes halogenated alkanes) is 24. The molecule has 458 valence electrons. The van der Waals surface area contributed by atoms with Crippen molar-refractivity contribution in [3.05, 3.63) is 146 Å². The smallest absolute Gasteiger partial charge is 0.306 e. The second-order valence-electron chi connectivity index (χ2n) is 21.6. The van der Waals surface area contributed by atoms with Crippen LogP contribution in [0.2, 0.25) is 0 Å². The Kier molecular flexibility index (Phi) is 63.9. The van der Waals surface area contributed by atoms with E-state index in [9.17, 15) is 14.4 Å². The minimum atomic E-state index is -0.802. The topological polar surface area (TPSA) is 78.9 Å². The lowest BCUT2D eigenvalue weighted by Crippen LogP contribution is -2.30. The molecule has 0 spiro atoms. The molecule has 1 atom stereocenters. The average molecular weight is 1120 g/mol. The molecular formula is C75H122O6. The molecule has 0 aliphatic rings. The minimum Gasteiger partial charge on any atom is -0.462 e. The monoisotopic (exact) mass is 1120 g/mol. The van der Waals surface area contributed by atoms with Crippen molar-refractivity contribution in [1.29, 1.82) is 0 Å². The fourth-order valence-corrected chi connectivity index (χ4v) is 8.81. The van der Waals surface area contributed by atoms with Crippen LogP contribution in [0, 0.1) is 0 Å². The Morgan fingerprint density at radius 2 is 0.481 bits per heavy atom. The Morgan fingerprint density at radius 1 is 0.259 bits per heavy atom. The molecule has 0 bridgehead atoms. The van der Waals surface area contributed by atoms with Gasteiger partial charge in [0, 0.05) is 19.3 Å². The number of hydrogen-bond acceptors (Lipinski definition) is 6. The van der Waals surface area contributed by atoms with E-state index < -0.39 is 6.10 Å². The standard InChI is InChI=1S/C75H122O6/c1-4-7-10-13-16-19-22-25-27-29-30-31-32-33-34-35-36-37-38-39-40-41-42-43-44-45-46-47-49-50-53-56-59-62-65-68-74(77)80-71-72(70-79-73(76)67-64-61-58-55-52-24-21-18-15-12-9-6-3)81-75(78)69-66-63-60-57-54-51-48-28-26-23-20-17-14-11-8-5-2/h7,10,16,18-19,21,25,27-28,30-31,33-34,36-37,39-40,42-43,45-46,48-50,72H,4-6,8-9,11-15,17,20,22-24,26,29,32,35,38,41,44,47,51-71H2,1-3H3/b10-7-,19-16-,21-18-,27-25-,31-30-,34-33-,37-36-,40-39-,43-42-,46-45-,48-28-,50-49-. The van der Waals surface area contributed by atoms with Crippen LogP contribution in [0.15, 0.2) is 146 Å². The van der Waals surface area contributed by atoms with E-state index in [0.29, 0.717) is 19.3 Å². The highest BCUT2D eigenvalue weighted by atomic mass is 16.6. The van der Waals surface area contributed by atoms with Crippen LogP contribution < -0.4 is 0 Å².